The van der Waals surface area contributed by atoms with E-state index < -0.39 is 27.5 Å². The van der Waals surface area contributed by atoms with E-state index in [1.54, 1.807) is 18.2 Å². The molecule has 0 aliphatic carbocycles. The highest BCUT2D eigenvalue weighted by molar-refractivity contribution is 7.90. The number of carboxylic acid groups (broad SMARTS) is 1. The molecule has 1 aromatic carbocycles. The van der Waals surface area contributed by atoms with E-state index in [0.29, 0.717) is 11.3 Å². The van der Waals surface area contributed by atoms with Gasteiger partial charge in [-0.1, -0.05) is 12.1 Å². The maximum absolute atomic E-state index is 11.2. The summed E-state index contributed by atoms with van der Waals surface area (Å²) >= 11 is 0. The third kappa shape index (κ3) is 4.07. The lowest BCUT2D eigenvalue weighted by molar-refractivity contribution is -0.138. The van der Waals surface area contributed by atoms with Gasteiger partial charge in [-0.05, 0) is 17.7 Å². The molecule has 94 valence electrons. The molecule has 17 heavy (non-hydrogen) atoms. The molecular weight excluding hydrogens is 244 g/mol. The number of hydrogen-bond acceptors (Lipinski definition) is 4. The molecule has 0 saturated carbocycles. The highest BCUT2D eigenvalue weighted by Gasteiger charge is 2.24. The van der Waals surface area contributed by atoms with Crippen LogP contribution >= 0.6 is 0 Å². The first kappa shape index (κ1) is 13.5. The molecule has 1 aromatic rings. The number of methoxy groups -OCH3 is 1. The van der Waals surface area contributed by atoms with Gasteiger partial charge in [-0.2, -0.15) is 0 Å². The molecule has 1 unspecified atom stereocenters. The van der Waals surface area contributed by atoms with E-state index in [1.165, 1.54) is 13.2 Å². The van der Waals surface area contributed by atoms with Gasteiger partial charge in [0.25, 0.3) is 0 Å². The molecule has 1 N–H and O–H groups in total. The van der Waals surface area contributed by atoms with Crippen molar-refractivity contribution in [3.8, 4) is 5.75 Å². The number of rotatable bonds is 5. The second kappa shape index (κ2) is 5.18. The zero-order chi connectivity index (χ0) is 13.1. The zero-order valence-corrected chi connectivity index (χ0v) is 10.4. The quantitative estimate of drug-likeness (QED) is 0.849. The fourth-order valence-corrected chi connectivity index (χ4v) is 2.41. The summed E-state index contributed by atoms with van der Waals surface area (Å²) in [6.45, 7) is 0. The lowest BCUT2D eigenvalue weighted by Crippen LogP contribution is -2.21. The number of ether oxygens (including phenoxy) is 1. The first-order valence-electron chi connectivity index (χ1n) is 4.88. The molecule has 0 aromatic heterocycles. The van der Waals surface area contributed by atoms with E-state index in [0.717, 1.165) is 6.26 Å². The third-order valence-corrected chi connectivity index (χ3v) is 3.20. The Morgan fingerprint density at radius 2 is 2.12 bits per heavy atom. The van der Waals surface area contributed by atoms with E-state index in [2.05, 4.69) is 0 Å². The van der Waals surface area contributed by atoms with E-state index in [-0.39, 0.29) is 0 Å². The smallest absolute Gasteiger partial charge is 0.312 e. The number of benzene rings is 1. The molecule has 1 atom stereocenters. The number of hydrogen-bond donors (Lipinski definition) is 1. The molecule has 0 heterocycles. The van der Waals surface area contributed by atoms with E-state index >= 15 is 0 Å². The van der Waals surface area contributed by atoms with Crippen LogP contribution in [0.2, 0.25) is 0 Å². The minimum Gasteiger partial charge on any atom is -0.497 e. The van der Waals surface area contributed by atoms with Gasteiger partial charge in [0.2, 0.25) is 0 Å². The lowest BCUT2D eigenvalue weighted by Gasteiger charge is -2.12. The van der Waals surface area contributed by atoms with Crippen molar-refractivity contribution in [2.24, 2.45) is 0 Å². The average molecular weight is 258 g/mol. The molecule has 0 radical (unpaired) electrons. The standard InChI is InChI=1S/C11H14O5S/c1-16-9-5-3-4-8(6-9)10(11(12)13)7-17(2,14)15/h3-6,10H,7H2,1-2H3,(H,12,13). The third-order valence-electron chi connectivity index (χ3n) is 2.26. The van der Waals surface area contributed by atoms with Crippen LogP contribution in [0.3, 0.4) is 0 Å². The molecule has 0 aliphatic rings. The Hall–Kier alpha value is -1.56. The van der Waals surface area contributed by atoms with Crippen LogP contribution in [-0.4, -0.2) is 38.6 Å². The SMILES string of the molecule is COc1cccc(C(CS(C)(=O)=O)C(=O)O)c1. The Labute approximate surface area is 100.0 Å². The second-order valence-corrected chi connectivity index (χ2v) is 5.94. The largest absolute Gasteiger partial charge is 0.497 e. The molecule has 0 aliphatic heterocycles. The molecule has 0 fully saturated rings. The van der Waals surface area contributed by atoms with Crippen LogP contribution in [0.25, 0.3) is 0 Å². The minimum atomic E-state index is -3.36. The summed E-state index contributed by atoms with van der Waals surface area (Å²) in [7, 11) is -1.89. The van der Waals surface area contributed by atoms with Crippen LogP contribution in [0.1, 0.15) is 11.5 Å². The van der Waals surface area contributed by atoms with Crippen molar-refractivity contribution in [1.82, 2.24) is 0 Å². The predicted molar refractivity (Wildman–Crippen MR) is 63.1 cm³/mol. The van der Waals surface area contributed by atoms with Gasteiger partial charge in [-0.3, -0.25) is 4.79 Å². The van der Waals surface area contributed by atoms with Crippen molar-refractivity contribution in [3.63, 3.8) is 0 Å². The molecule has 5 nitrogen and oxygen atoms in total. The molecule has 1 rings (SSSR count). The van der Waals surface area contributed by atoms with Crippen LogP contribution in [0.4, 0.5) is 0 Å². The van der Waals surface area contributed by atoms with Gasteiger partial charge in [-0.15, -0.1) is 0 Å². The molecule has 0 bridgehead atoms. The van der Waals surface area contributed by atoms with E-state index in [4.69, 9.17) is 9.84 Å². The van der Waals surface area contributed by atoms with Crippen LogP contribution in [0.5, 0.6) is 5.75 Å². The number of sulfone groups is 1. The van der Waals surface area contributed by atoms with Gasteiger partial charge in [0.05, 0.1) is 18.8 Å². The van der Waals surface area contributed by atoms with Crippen LogP contribution < -0.4 is 4.74 Å². The van der Waals surface area contributed by atoms with Crippen LogP contribution in [0.15, 0.2) is 24.3 Å². The van der Waals surface area contributed by atoms with Crippen molar-refractivity contribution >= 4 is 15.8 Å². The lowest BCUT2D eigenvalue weighted by atomic mass is 10.0. The predicted octanol–water partition coefficient (Wildman–Crippen LogP) is 0.908. The van der Waals surface area contributed by atoms with Crippen molar-refractivity contribution in [2.45, 2.75) is 5.92 Å². The Kier molecular flexibility index (Phi) is 4.11. The van der Waals surface area contributed by atoms with Crippen molar-refractivity contribution in [3.05, 3.63) is 29.8 Å². The molecule has 6 heteroatoms. The maximum atomic E-state index is 11.2. The zero-order valence-electron chi connectivity index (χ0n) is 9.58. The number of aliphatic carboxylic acids is 1. The second-order valence-electron chi connectivity index (χ2n) is 3.76. The van der Waals surface area contributed by atoms with Gasteiger partial charge in [0.15, 0.2) is 0 Å². The van der Waals surface area contributed by atoms with E-state index in [9.17, 15) is 13.2 Å². The van der Waals surface area contributed by atoms with Gasteiger partial charge in [-0.25, -0.2) is 8.42 Å². The highest BCUT2D eigenvalue weighted by Crippen LogP contribution is 2.22. The maximum Gasteiger partial charge on any atom is 0.312 e. The minimum absolute atomic E-state index is 0.419. The van der Waals surface area contributed by atoms with Crippen molar-refractivity contribution in [2.75, 3.05) is 19.1 Å². The summed E-state index contributed by atoms with van der Waals surface area (Å²) in [4.78, 5) is 11.1. The summed E-state index contributed by atoms with van der Waals surface area (Å²) in [5.41, 5.74) is 0.419. The summed E-state index contributed by atoms with van der Waals surface area (Å²) in [6, 6.07) is 6.41. The fourth-order valence-electron chi connectivity index (χ4n) is 1.47. The Morgan fingerprint density at radius 1 is 1.47 bits per heavy atom. The average Bonchev–Trinajstić information content (AvgIpc) is 2.24. The topological polar surface area (TPSA) is 80.7 Å². The summed E-state index contributed by atoms with van der Waals surface area (Å²) < 4.78 is 27.3. The Balaban J connectivity index is 3.09. The van der Waals surface area contributed by atoms with E-state index in [1.807, 2.05) is 0 Å². The summed E-state index contributed by atoms with van der Waals surface area (Å²) in [6.07, 6.45) is 1.02. The summed E-state index contributed by atoms with van der Waals surface area (Å²) in [5, 5.41) is 9.05. The Bertz CT molecular complexity index is 506. The van der Waals surface area contributed by atoms with Crippen molar-refractivity contribution in [1.29, 1.82) is 0 Å². The highest BCUT2D eigenvalue weighted by atomic mass is 32.2. The van der Waals surface area contributed by atoms with Crippen molar-refractivity contribution < 1.29 is 23.1 Å². The molecule has 0 amide bonds. The van der Waals surface area contributed by atoms with Gasteiger partial charge >= 0.3 is 5.97 Å². The van der Waals surface area contributed by atoms with Crippen LogP contribution in [0, 0.1) is 0 Å². The summed E-state index contributed by atoms with van der Waals surface area (Å²) in [5.74, 6) is -2.15. The molecule has 0 saturated heterocycles. The Morgan fingerprint density at radius 3 is 2.59 bits per heavy atom. The number of carboxylic acids is 1. The van der Waals surface area contributed by atoms with Gasteiger partial charge in [0.1, 0.15) is 15.6 Å². The first-order valence-corrected chi connectivity index (χ1v) is 6.94. The monoisotopic (exact) mass is 258 g/mol. The van der Waals surface area contributed by atoms with Gasteiger partial charge in [0, 0.05) is 6.26 Å². The number of carbonyl (C=O) groups is 1. The molecule has 0 spiro atoms. The normalized spacial score (nSPS) is 13.1. The van der Waals surface area contributed by atoms with Crippen LogP contribution in [-0.2, 0) is 14.6 Å². The molecular formula is C11H14O5S. The van der Waals surface area contributed by atoms with Gasteiger partial charge < -0.3 is 9.84 Å². The first-order chi connectivity index (χ1) is 7.83. The fraction of sp³-hybridized carbons (Fsp3) is 0.364.